The molecule has 0 saturated heterocycles. The molecule has 2 rings (SSSR count). The van der Waals surface area contributed by atoms with Crippen LogP contribution in [-0.4, -0.2) is 23.3 Å². The van der Waals surface area contributed by atoms with Gasteiger partial charge in [0.25, 0.3) is 0 Å². The molecule has 3 nitrogen and oxygen atoms in total. The van der Waals surface area contributed by atoms with Crippen molar-refractivity contribution in [3.8, 4) is 0 Å². The highest BCUT2D eigenvalue weighted by atomic mass is 16.6. The van der Waals surface area contributed by atoms with Gasteiger partial charge < -0.3 is 4.74 Å². The minimum Gasteiger partial charge on any atom is -0.458 e. The second-order valence-electron chi connectivity index (χ2n) is 7.13. The number of esters is 1. The molecule has 2 aromatic carbocycles. The van der Waals surface area contributed by atoms with Crippen molar-refractivity contribution in [2.75, 3.05) is 0 Å². The van der Waals surface area contributed by atoms with Gasteiger partial charge in [-0.3, -0.25) is 4.99 Å². The average Bonchev–Trinajstić information content (AvgIpc) is 2.51. The Kier molecular flexibility index (Phi) is 5.23. The third-order valence-corrected chi connectivity index (χ3v) is 3.65. The highest BCUT2D eigenvalue weighted by Crippen LogP contribution is 2.22. The lowest BCUT2D eigenvalue weighted by molar-refractivity contribution is -0.160. The van der Waals surface area contributed by atoms with Crippen molar-refractivity contribution >= 4 is 23.0 Å². The number of rotatable bonds is 5. The lowest BCUT2D eigenvalue weighted by Gasteiger charge is -2.27. The van der Waals surface area contributed by atoms with Gasteiger partial charge in [0.05, 0.1) is 0 Å². The number of aliphatic imine (C=N–C) groups is 1. The third kappa shape index (κ3) is 4.54. The van der Waals surface area contributed by atoms with Gasteiger partial charge in [0.2, 0.25) is 0 Å². The maximum Gasteiger partial charge on any atom is 0.334 e. The number of carbonyl (C=O) groups excluding carboxylic acids is 1. The molecule has 1 atom stereocenters. The Hall–Kier alpha value is -2.42. The normalized spacial score (nSPS) is 14.5. The second-order valence-corrected chi connectivity index (χ2v) is 7.13. The minimum absolute atomic E-state index is 0.341. The standard InChI is InChI=1S/C21H25NO2/c1-6-13-21(5,19(23)24-20(2,3)4)22-15-16-11-12-17-9-7-8-10-18(17)14-16/h6-12,14-15H,1,13H2,2-5H3/t21-/m0/s1. The van der Waals surface area contributed by atoms with E-state index < -0.39 is 11.1 Å². The first-order valence-corrected chi connectivity index (χ1v) is 8.12. The summed E-state index contributed by atoms with van der Waals surface area (Å²) in [5.74, 6) is -0.341. The summed E-state index contributed by atoms with van der Waals surface area (Å²) in [6.07, 6.45) is 3.85. The molecule has 0 aliphatic heterocycles. The fourth-order valence-electron chi connectivity index (χ4n) is 2.36. The maximum atomic E-state index is 12.5. The Bertz CT molecular complexity index is 771. The van der Waals surface area contributed by atoms with E-state index in [0.717, 1.165) is 10.9 Å². The van der Waals surface area contributed by atoms with Crippen LogP contribution in [0, 0.1) is 0 Å². The quantitative estimate of drug-likeness (QED) is 0.444. The molecule has 0 aliphatic carbocycles. The first-order chi connectivity index (χ1) is 11.2. The maximum absolute atomic E-state index is 12.5. The Morgan fingerprint density at radius 1 is 1.12 bits per heavy atom. The fourth-order valence-corrected chi connectivity index (χ4v) is 2.36. The lowest BCUT2D eigenvalue weighted by atomic mass is 9.98. The van der Waals surface area contributed by atoms with E-state index >= 15 is 0 Å². The summed E-state index contributed by atoms with van der Waals surface area (Å²) in [5.41, 5.74) is -0.564. The SMILES string of the molecule is C=CC[C@](C)(N=Cc1ccc2ccccc2c1)C(=O)OC(C)(C)C. The van der Waals surface area contributed by atoms with Crippen LogP contribution < -0.4 is 0 Å². The van der Waals surface area contributed by atoms with Gasteiger partial charge in [0.1, 0.15) is 5.60 Å². The van der Waals surface area contributed by atoms with Crippen LogP contribution in [-0.2, 0) is 9.53 Å². The van der Waals surface area contributed by atoms with Gasteiger partial charge in [-0.1, -0.05) is 42.5 Å². The predicted molar refractivity (Wildman–Crippen MR) is 101 cm³/mol. The summed E-state index contributed by atoms with van der Waals surface area (Å²) in [7, 11) is 0. The molecule has 0 amide bonds. The number of hydrogen-bond acceptors (Lipinski definition) is 3. The number of ether oxygens (including phenoxy) is 1. The molecule has 0 fully saturated rings. The number of hydrogen-bond donors (Lipinski definition) is 0. The van der Waals surface area contributed by atoms with Gasteiger partial charge in [-0.05, 0) is 50.1 Å². The topological polar surface area (TPSA) is 38.7 Å². The molecule has 0 spiro atoms. The molecule has 0 unspecified atom stereocenters. The molecular weight excluding hydrogens is 298 g/mol. The van der Waals surface area contributed by atoms with Crippen molar-refractivity contribution in [3.05, 3.63) is 60.7 Å². The second kappa shape index (κ2) is 7.00. The summed E-state index contributed by atoms with van der Waals surface area (Å²) in [6, 6.07) is 14.3. The Morgan fingerprint density at radius 2 is 1.79 bits per heavy atom. The van der Waals surface area contributed by atoms with E-state index in [9.17, 15) is 4.79 Å². The van der Waals surface area contributed by atoms with Gasteiger partial charge in [0, 0.05) is 12.6 Å². The van der Waals surface area contributed by atoms with Crippen LogP contribution >= 0.6 is 0 Å². The van der Waals surface area contributed by atoms with Crippen LogP contribution in [0.1, 0.15) is 39.7 Å². The largest absolute Gasteiger partial charge is 0.458 e. The van der Waals surface area contributed by atoms with Gasteiger partial charge in [-0.2, -0.15) is 0 Å². The first-order valence-electron chi connectivity index (χ1n) is 8.12. The van der Waals surface area contributed by atoms with E-state index in [0.29, 0.717) is 6.42 Å². The molecule has 0 N–H and O–H groups in total. The van der Waals surface area contributed by atoms with Crippen LogP contribution in [0.15, 0.2) is 60.1 Å². The third-order valence-electron chi connectivity index (χ3n) is 3.65. The molecular formula is C21H25NO2. The van der Waals surface area contributed by atoms with Gasteiger partial charge in [-0.25, -0.2) is 4.79 Å². The van der Waals surface area contributed by atoms with Crippen molar-refractivity contribution in [1.82, 2.24) is 0 Å². The molecule has 0 bridgehead atoms. The Morgan fingerprint density at radius 3 is 2.42 bits per heavy atom. The Labute approximate surface area is 144 Å². The van der Waals surface area contributed by atoms with E-state index in [1.54, 1.807) is 19.2 Å². The van der Waals surface area contributed by atoms with Crippen molar-refractivity contribution < 1.29 is 9.53 Å². The molecule has 3 heteroatoms. The Balaban J connectivity index is 2.28. The van der Waals surface area contributed by atoms with Crippen LogP contribution in [0.3, 0.4) is 0 Å². The lowest BCUT2D eigenvalue weighted by Crippen LogP contribution is -2.39. The number of benzene rings is 2. The molecule has 24 heavy (non-hydrogen) atoms. The van der Waals surface area contributed by atoms with Crippen LogP contribution in [0.25, 0.3) is 10.8 Å². The number of carbonyl (C=O) groups is 1. The van der Waals surface area contributed by atoms with Crippen molar-refractivity contribution in [2.24, 2.45) is 4.99 Å². The summed E-state index contributed by atoms with van der Waals surface area (Å²) in [4.78, 5) is 17.1. The number of fused-ring (bicyclic) bond motifs is 1. The predicted octanol–water partition coefficient (Wildman–Crippen LogP) is 4.94. The van der Waals surface area contributed by atoms with Crippen LogP contribution in [0.5, 0.6) is 0 Å². The molecule has 0 saturated carbocycles. The zero-order valence-corrected chi connectivity index (χ0v) is 14.9. The molecule has 0 aromatic heterocycles. The fraction of sp³-hybridized carbons (Fsp3) is 0.333. The van der Waals surface area contributed by atoms with Crippen molar-refractivity contribution in [2.45, 2.75) is 45.3 Å². The summed E-state index contributed by atoms with van der Waals surface area (Å²) in [5, 5.41) is 2.32. The van der Waals surface area contributed by atoms with Gasteiger partial charge in [0.15, 0.2) is 5.54 Å². The van der Waals surface area contributed by atoms with Gasteiger partial charge in [-0.15, -0.1) is 6.58 Å². The first kappa shape index (κ1) is 17.9. The van der Waals surface area contributed by atoms with E-state index in [-0.39, 0.29) is 5.97 Å². The van der Waals surface area contributed by atoms with E-state index in [1.807, 2.05) is 39.0 Å². The highest BCUT2D eigenvalue weighted by molar-refractivity contribution is 5.92. The van der Waals surface area contributed by atoms with E-state index in [1.165, 1.54) is 5.39 Å². The molecule has 0 radical (unpaired) electrons. The van der Waals surface area contributed by atoms with Crippen LogP contribution in [0.2, 0.25) is 0 Å². The average molecular weight is 323 g/mol. The highest BCUT2D eigenvalue weighted by Gasteiger charge is 2.35. The smallest absolute Gasteiger partial charge is 0.334 e. The van der Waals surface area contributed by atoms with Gasteiger partial charge >= 0.3 is 5.97 Å². The summed E-state index contributed by atoms with van der Waals surface area (Å²) in [6.45, 7) is 11.1. The monoisotopic (exact) mass is 323 g/mol. The molecule has 0 heterocycles. The molecule has 126 valence electrons. The zero-order chi connectivity index (χ0) is 17.8. The molecule has 0 aliphatic rings. The summed E-state index contributed by atoms with van der Waals surface area (Å²) >= 11 is 0. The molecule has 2 aromatic rings. The van der Waals surface area contributed by atoms with Crippen LogP contribution in [0.4, 0.5) is 0 Å². The van der Waals surface area contributed by atoms with Crippen molar-refractivity contribution in [3.63, 3.8) is 0 Å². The minimum atomic E-state index is -0.972. The van der Waals surface area contributed by atoms with E-state index in [4.69, 9.17) is 4.74 Å². The van der Waals surface area contributed by atoms with Crippen molar-refractivity contribution in [1.29, 1.82) is 0 Å². The number of nitrogens with zero attached hydrogens (tertiary/aromatic N) is 1. The summed E-state index contributed by atoms with van der Waals surface area (Å²) < 4.78 is 5.51. The zero-order valence-electron chi connectivity index (χ0n) is 14.9. The van der Waals surface area contributed by atoms with E-state index in [2.05, 4.69) is 35.8 Å².